The number of carbonyl (C=O) groups is 2. The van der Waals surface area contributed by atoms with Crippen molar-refractivity contribution in [3.05, 3.63) is 69.8 Å². The van der Waals surface area contributed by atoms with E-state index in [1.54, 1.807) is 0 Å². The van der Waals surface area contributed by atoms with Crippen LogP contribution >= 0.6 is 0 Å². The molecular weight excluding hydrogens is 428 g/mol. The highest BCUT2D eigenvalue weighted by Crippen LogP contribution is 2.14. The molecule has 2 aromatic carbocycles. The molecular formula is C28H36N2O4. The van der Waals surface area contributed by atoms with E-state index >= 15 is 0 Å². The normalized spacial score (nSPS) is 11.2. The van der Waals surface area contributed by atoms with E-state index in [9.17, 15) is 9.59 Å². The predicted molar refractivity (Wildman–Crippen MR) is 134 cm³/mol. The molecule has 0 aliphatic heterocycles. The SMILES string of the molecule is Cc1ccc(C#Cc2ccc(C)c(CNC(=O)OC(C)(C)C)c2)cc1CNC(=O)OC(C)(C)C. The van der Waals surface area contributed by atoms with Gasteiger partial charge in [0, 0.05) is 24.2 Å². The van der Waals surface area contributed by atoms with Gasteiger partial charge >= 0.3 is 12.2 Å². The highest BCUT2D eigenvalue weighted by molar-refractivity contribution is 5.68. The average Bonchev–Trinajstić information content (AvgIpc) is 2.69. The number of hydrogen-bond donors (Lipinski definition) is 2. The number of alkyl carbamates (subject to hydrolysis) is 2. The summed E-state index contributed by atoms with van der Waals surface area (Å²) in [5.41, 5.74) is 4.69. The first-order valence-electron chi connectivity index (χ1n) is 11.4. The fraction of sp³-hybridized carbons (Fsp3) is 0.429. The molecule has 0 heterocycles. The quantitative estimate of drug-likeness (QED) is 0.565. The van der Waals surface area contributed by atoms with Gasteiger partial charge < -0.3 is 20.1 Å². The molecule has 0 bridgehead atoms. The van der Waals surface area contributed by atoms with Crippen LogP contribution in [-0.4, -0.2) is 23.4 Å². The predicted octanol–water partition coefficient (Wildman–Crippen LogP) is 5.75. The van der Waals surface area contributed by atoms with Crippen molar-refractivity contribution in [3.63, 3.8) is 0 Å². The van der Waals surface area contributed by atoms with Crippen LogP contribution in [0.25, 0.3) is 0 Å². The monoisotopic (exact) mass is 464 g/mol. The summed E-state index contributed by atoms with van der Waals surface area (Å²) in [5, 5.41) is 5.59. The lowest BCUT2D eigenvalue weighted by molar-refractivity contribution is 0.0512. The van der Waals surface area contributed by atoms with Crippen LogP contribution in [0.2, 0.25) is 0 Å². The summed E-state index contributed by atoms with van der Waals surface area (Å²) >= 11 is 0. The summed E-state index contributed by atoms with van der Waals surface area (Å²) < 4.78 is 10.6. The second-order valence-corrected chi connectivity index (χ2v) is 10.2. The van der Waals surface area contributed by atoms with Crippen molar-refractivity contribution in [1.82, 2.24) is 10.6 Å². The minimum Gasteiger partial charge on any atom is -0.444 e. The minimum absolute atomic E-state index is 0.362. The van der Waals surface area contributed by atoms with E-state index in [2.05, 4.69) is 22.5 Å². The third-order valence-corrected chi connectivity index (χ3v) is 4.69. The van der Waals surface area contributed by atoms with E-state index in [0.29, 0.717) is 13.1 Å². The van der Waals surface area contributed by atoms with Gasteiger partial charge in [-0.3, -0.25) is 0 Å². The van der Waals surface area contributed by atoms with Crippen LogP contribution in [-0.2, 0) is 22.6 Å². The molecule has 0 aromatic heterocycles. The zero-order valence-electron chi connectivity index (χ0n) is 21.5. The largest absolute Gasteiger partial charge is 0.444 e. The van der Waals surface area contributed by atoms with Crippen molar-refractivity contribution in [1.29, 1.82) is 0 Å². The van der Waals surface area contributed by atoms with E-state index in [4.69, 9.17) is 9.47 Å². The highest BCUT2D eigenvalue weighted by Gasteiger charge is 2.17. The summed E-state index contributed by atoms with van der Waals surface area (Å²) in [6.07, 6.45) is -0.897. The lowest BCUT2D eigenvalue weighted by atomic mass is 10.0. The van der Waals surface area contributed by atoms with Crippen LogP contribution in [0, 0.1) is 25.7 Å². The van der Waals surface area contributed by atoms with Gasteiger partial charge in [0.2, 0.25) is 0 Å². The van der Waals surface area contributed by atoms with Gasteiger partial charge in [0.25, 0.3) is 0 Å². The number of hydrogen-bond acceptors (Lipinski definition) is 4. The summed E-state index contributed by atoms with van der Waals surface area (Å²) in [6.45, 7) is 15.7. The van der Waals surface area contributed by atoms with Crippen molar-refractivity contribution >= 4 is 12.2 Å². The number of aryl methyl sites for hydroxylation is 2. The van der Waals surface area contributed by atoms with Gasteiger partial charge in [-0.15, -0.1) is 0 Å². The molecule has 0 atom stereocenters. The lowest BCUT2D eigenvalue weighted by Crippen LogP contribution is -2.32. The van der Waals surface area contributed by atoms with Crippen LogP contribution < -0.4 is 10.6 Å². The van der Waals surface area contributed by atoms with E-state index in [1.807, 2.05) is 91.8 Å². The summed E-state index contributed by atoms with van der Waals surface area (Å²) in [4.78, 5) is 23.9. The van der Waals surface area contributed by atoms with Crippen LogP contribution in [0.4, 0.5) is 9.59 Å². The Morgan fingerprint density at radius 3 is 1.38 bits per heavy atom. The minimum atomic E-state index is -0.540. The first-order valence-corrected chi connectivity index (χ1v) is 11.4. The molecule has 0 aliphatic rings. The van der Waals surface area contributed by atoms with Crippen LogP contribution in [0.5, 0.6) is 0 Å². The second-order valence-electron chi connectivity index (χ2n) is 10.2. The molecule has 34 heavy (non-hydrogen) atoms. The molecule has 2 amide bonds. The topological polar surface area (TPSA) is 76.7 Å². The fourth-order valence-electron chi connectivity index (χ4n) is 2.99. The maximum Gasteiger partial charge on any atom is 0.407 e. The molecule has 2 N–H and O–H groups in total. The molecule has 6 nitrogen and oxygen atoms in total. The summed E-state index contributed by atoms with van der Waals surface area (Å²) in [6, 6.07) is 11.8. The molecule has 0 saturated heterocycles. The first-order chi connectivity index (χ1) is 15.7. The van der Waals surface area contributed by atoms with Crippen molar-refractivity contribution in [2.45, 2.75) is 79.7 Å². The second kappa shape index (κ2) is 11.1. The lowest BCUT2D eigenvalue weighted by Gasteiger charge is -2.20. The number of rotatable bonds is 4. The molecule has 2 rings (SSSR count). The van der Waals surface area contributed by atoms with Crippen molar-refractivity contribution in [2.24, 2.45) is 0 Å². The van der Waals surface area contributed by atoms with Crippen molar-refractivity contribution in [2.75, 3.05) is 0 Å². The van der Waals surface area contributed by atoms with Crippen LogP contribution in [0.3, 0.4) is 0 Å². The van der Waals surface area contributed by atoms with Gasteiger partial charge in [0.05, 0.1) is 0 Å². The smallest absolute Gasteiger partial charge is 0.407 e. The summed E-state index contributed by atoms with van der Waals surface area (Å²) in [7, 11) is 0. The average molecular weight is 465 g/mol. The maximum absolute atomic E-state index is 12.0. The molecule has 0 unspecified atom stereocenters. The van der Waals surface area contributed by atoms with Gasteiger partial charge in [-0.25, -0.2) is 9.59 Å². The molecule has 0 radical (unpaired) electrons. The Balaban J connectivity index is 2.09. The van der Waals surface area contributed by atoms with Gasteiger partial charge in [-0.1, -0.05) is 24.0 Å². The standard InChI is InChI=1S/C28H36N2O4/c1-19-9-11-21(15-23(19)17-29-25(31)33-27(3,4)5)13-14-22-12-10-20(2)24(16-22)18-30-26(32)34-28(6,7)8/h9-12,15-16H,17-18H2,1-8H3,(H,29,31)(H,30,32). The zero-order chi connectivity index (χ0) is 25.5. The third-order valence-electron chi connectivity index (χ3n) is 4.69. The Labute approximate surface area is 203 Å². The Hall–Kier alpha value is -3.46. The van der Waals surface area contributed by atoms with Gasteiger partial charge in [-0.2, -0.15) is 0 Å². The van der Waals surface area contributed by atoms with E-state index in [-0.39, 0.29) is 0 Å². The molecule has 182 valence electrons. The first kappa shape index (κ1) is 26.8. The van der Waals surface area contributed by atoms with E-state index < -0.39 is 23.4 Å². The van der Waals surface area contributed by atoms with E-state index in [1.165, 1.54) is 0 Å². The molecule has 0 aliphatic carbocycles. The Morgan fingerprint density at radius 2 is 1.06 bits per heavy atom. The van der Waals surface area contributed by atoms with Crippen molar-refractivity contribution in [3.8, 4) is 11.8 Å². The molecule has 0 spiro atoms. The zero-order valence-corrected chi connectivity index (χ0v) is 21.5. The molecule has 0 fully saturated rings. The van der Waals surface area contributed by atoms with Crippen LogP contribution in [0.1, 0.15) is 74.9 Å². The highest BCUT2D eigenvalue weighted by atomic mass is 16.6. The van der Waals surface area contributed by atoms with Gasteiger partial charge in [0.1, 0.15) is 11.2 Å². The van der Waals surface area contributed by atoms with E-state index in [0.717, 1.165) is 33.4 Å². The number of carbonyl (C=O) groups excluding carboxylic acids is 2. The van der Waals surface area contributed by atoms with Crippen molar-refractivity contribution < 1.29 is 19.1 Å². The molecule has 2 aromatic rings. The number of benzene rings is 2. The Morgan fingerprint density at radius 1 is 0.706 bits per heavy atom. The number of ether oxygens (including phenoxy) is 2. The Bertz CT molecular complexity index is 1010. The van der Waals surface area contributed by atoms with Crippen LogP contribution in [0.15, 0.2) is 36.4 Å². The fourth-order valence-corrected chi connectivity index (χ4v) is 2.99. The number of amides is 2. The third kappa shape index (κ3) is 9.58. The molecule has 0 saturated carbocycles. The molecule has 6 heteroatoms. The van der Waals surface area contributed by atoms with Gasteiger partial charge in [-0.05, 0) is 102 Å². The maximum atomic E-state index is 12.0. The Kier molecular flexibility index (Phi) is 8.75. The number of nitrogens with one attached hydrogen (secondary N) is 2. The summed E-state index contributed by atoms with van der Waals surface area (Å²) in [5.74, 6) is 6.38. The van der Waals surface area contributed by atoms with Gasteiger partial charge in [0.15, 0.2) is 0 Å².